The number of halogens is 1. The first kappa shape index (κ1) is 20.0. The Balaban J connectivity index is 1.96. The molecule has 0 fully saturated rings. The van der Waals surface area contributed by atoms with Crippen LogP contribution in [-0.2, 0) is 0 Å². The van der Waals surface area contributed by atoms with Crippen molar-refractivity contribution < 1.29 is 14.3 Å². The van der Waals surface area contributed by atoms with Crippen LogP contribution in [0.3, 0.4) is 0 Å². The highest BCUT2D eigenvalue weighted by atomic mass is 35.5. The summed E-state index contributed by atoms with van der Waals surface area (Å²) in [4.78, 5) is 21.2. The van der Waals surface area contributed by atoms with Gasteiger partial charge in [-0.2, -0.15) is 0 Å². The first-order valence-electron chi connectivity index (χ1n) is 8.35. The van der Waals surface area contributed by atoms with E-state index in [9.17, 15) is 4.79 Å². The van der Waals surface area contributed by atoms with Crippen LogP contribution in [0, 0.1) is 6.92 Å². The Morgan fingerprint density at radius 1 is 1.18 bits per heavy atom. The molecule has 3 heterocycles. The molecule has 0 unspecified atom stereocenters. The van der Waals surface area contributed by atoms with E-state index in [2.05, 4.69) is 25.5 Å². The van der Waals surface area contributed by atoms with Crippen molar-refractivity contribution in [3.8, 4) is 22.1 Å². The van der Waals surface area contributed by atoms with Crippen molar-refractivity contribution in [3.63, 3.8) is 0 Å². The second-order valence-corrected chi connectivity index (χ2v) is 7.40. The van der Waals surface area contributed by atoms with Crippen LogP contribution in [0.2, 0.25) is 5.15 Å². The molecule has 0 bridgehead atoms. The van der Waals surface area contributed by atoms with Crippen LogP contribution in [0.1, 0.15) is 29.9 Å². The smallest absolute Gasteiger partial charge is 0.296 e. The van der Waals surface area contributed by atoms with E-state index >= 15 is 0 Å². The monoisotopic (exact) mass is 419 g/mol. The lowest BCUT2D eigenvalue weighted by atomic mass is 10.0. The van der Waals surface area contributed by atoms with Gasteiger partial charge in [-0.05, 0) is 44.2 Å². The number of nitrogens with one attached hydrogen (secondary N) is 1. The summed E-state index contributed by atoms with van der Waals surface area (Å²) in [5, 5.41) is 11.6. The third kappa shape index (κ3) is 4.55. The average molecular weight is 420 g/mol. The van der Waals surface area contributed by atoms with Crippen LogP contribution >= 0.6 is 22.9 Å². The van der Waals surface area contributed by atoms with Crippen molar-refractivity contribution in [1.82, 2.24) is 20.2 Å². The lowest BCUT2D eigenvalue weighted by Crippen LogP contribution is -2.14. The van der Waals surface area contributed by atoms with E-state index in [0.29, 0.717) is 32.8 Å². The Bertz CT molecular complexity index is 1010. The van der Waals surface area contributed by atoms with Crippen LogP contribution in [0.4, 0.5) is 5.13 Å². The number of methoxy groups -OCH3 is 1. The van der Waals surface area contributed by atoms with Gasteiger partial charge in [-0.25, -0.2) is 4.98 Å². The zero-order chi connectivity index (χ0) is 20.3. The van der Waals surface area contributed by atoms with E-state index in [1.165, 1.54) is 19.5 Å². The van der Waals surface area contributed by atoms with Crippen molar-refractivity contribution in [3.05, 3.63) is 40.9 Å². The molecule has 10 heteroatoms. The average Bonchev–Trinajstić information content (AvgIpc) is 3.07. The number of hydrogen-bond acceptors (Lipinski definition) is 8. The van der Waals surface area contributed by atoms with Gasteiger partial charge in [-0.15, -0.1) is 5.10 Å². The van der Waals surface area contributed by atoms with Crippen molar-refractivity contribution in [1.29, 1.82) is 0 Å². The summed E-state index contributed by atoms with van der Waals surface area (Å²) >= 11 is 7.20. The number of aromatic nitrogens is 4. The Labute approximate surface area is 170 Å². The Morgan fingerprint density at radius 2 is 1.96 bits per heavy atom. The zero-order valence-corrected chi connectivity index (χ0v) is 17.3. The summed E-state index contributed by atoms with van der Waals surface area (Å²) in [6.07, 6.45) is 2.98. The molecule has 0 radical (unpaired) electrons. The van der Waals surface area contributed by atoms with E-state index in [1.54, 1.807) is 12.1 Å². The number of amides is 1. The van der Waals surface area contributed by atoms with Crippen molar-refractivity contribution in [2.45, 2.75) is 26.9 Å². The number of carbonyl (C=O) groups excluding carboxylic acids is 1. The molecule has 3 aromatic rings. The maximum absolute atomic E-state index is 12.9. The zero-order valence-electron chi connectivity index (χ0n) is 15.7. The summed E-state index contributed by atoms with van der Waals surface area (Å²) in [5.74, 6) is 0.109. The van der Waals surface area contributed by atoms with Gasteiger partial charge in [0.05, 0.1) is 25.0 Å². The first-order chi connectivity index (χ1) is 13.4. The second-order valence-electron chi connectivity index (χ2n) is 6.07. The molecule has 3 aromatic heterocycles. The fraction of sp³-hybridized carbons (Fsp3) is 0.278. The number of aryl methyl sites for hydroxylation is 1. The molecule has 8 nitrogen and oxygen atoms in total. The summed E-state index contributed by atoms with van der Waals surface area (Å²) in [6.45, 7) is 5.61. The molecule has 0 aliphatic carbocycles. The van der Waals surface area contributed by atoms with Gasteiger partial charge in [-0.3, -0.25) is 15.1 Å². The minimum atomic E-state index is -0.385. The Morgan fingerprint density at radius 3 is 2.68 bits per heavy atom. The summed E-state index contributed by atoms with van der Waals surface area (Å²) < 4.78 is 10.9. The topological polar surface area (TPSA) is 99.1 Å². The van der Waals surface area contributed by atoms with E-state index in [1.807, 2.05) is 20.8 Å². The van der Waals surface area contributed by atoms with Gasteiger partial charge in [0.15, 0.2) is 0 Å². The summed E-state index contributed by atoms with van der Waals surface area (Å²) in [7, 11) is 1.53. The maximum atomic E-state index is 12.9. The number of hydrogen-bond donors (Lipinski definition) is 1. The normalized spacial score (nSPS) is 10.8. The number of rotatable bonds is 6. The molecule has 1 amide bonds. The minimum absolute atomic E-state index is 0.0340. The van der Waals surface area contributed by atoms with Gasteiger partial charge in [0, 0.05) is 23.0 Å². The van der Waals surface area contributed by atoms with Gasteiger partial charge >= 0.3 is 0 Å². The standard InChI is InChI=1S/C18H18ClN5O3S/c1-9(2)27-18-24-23-17(28-18)22-16(25)13-7-20-10(3)5-11(13)12-6-15(19)21-8-14(12)26-4/h5-9H,1-4H3,(H,22,23,25). The predicted octanol–water partition coefficient (Wildman–Crippen LogP) is 4.01. The van der Waals surface area contributed by atoms with Crippen molar-refractivity contribution >= 4 is 34.0 Å². The number of carbonyl (C=O) groups is 1. The third-order valence-electron chi connectivity index (χ3n) is 3.59. The second kappa shape index (κ2) is 8.49. The third-order valence-corrected chi connectivity index (χ3v) is 4.53. The molecule has 3 rings (SSSR count). The summed E-state index contributed by atoms with van der Waals surface area (Å²) in [6, 6.07) is 3.43. The van der Waals surface area contributed by atoms with E-state index in [-0.39, 0.29) is 17.2 Å². The molecular weight excluding hydrogens is 402 g/mol. The van der Waals surface area contributed by atoms with E-state index < -0.39 is 0 Å². The highest BCUT2D eigenvalue weighted by Crippen LogP contribution is 2.34. The highest BCUT2D eigenvalue weighted by Gasteiger charge is 2.19. The number of nitrogens with zero attached hydrogens (tertiary/aromatic N) is 4. The van der Waals surface area contributed by atoms with Gasteiger partial charge in [-0.1, -0.05) is 16.7 Å². The van der Waals surface area contributed by atoms with Gasteiger partial charge in [0.25, 0.3) is 11.1 Å². The molecule has 0 atom stereocenters. The lowest BCUT2D eigenvalue weighted by molar-refractivity contribution is 0.102. The molecule has 28 heavy (non-hydrogen) atoms. The number of anilines is 1. The lowest BCUT2D eigenvalue weighted by Gasteiger charge is -2.13. The van der Waals surface area contributed by atoms with E-state index in [4.69, 9.17) is 21.1 Å². The molecule has 0 aliphatic heterocycles. The highest BCUT2D eigenvalue weighted by molar-refractivity contribution is 7.17. The van der Waals surface area contributed by atoms with Crippen LogP contribution < -0.4 is 14.8 Å². The fourth-order valence-corrected chi connectivity index (χ4v) is 3.30. The van der Waals surface area contributed by atoms with Gasteiger partial charge in [0.1, 0.15) is 10.9 Å². The molecular formula is C18H18ClN5O3S. The SMILES string of the molecule is COc1cnc(Cl)cc1-c1cc(C)ncc1C(=O)Nc1nnc(OC(C)C)s1. The molecule has 0 aliphatic rings. The molecule has 1 N–H and O–H groups in total. The number of ether oxygens (including phenoxy) is 2. The van der Waals surface area contributed by atoms with Gasteiger partial charge < -0.3 is 9.47 Å². The minimum Gasteiger partial charge on any atom is -0.494 e. The van der Waals surface area contributed by atoms with Gasteiger partial charge in [0.2, 0.25) is 5.13 Å². The molecule has 146 valence electrons. The van der Waals surface area contributed by atoms with Crippen LogP contribution in [0.15, 0.2) is 24.5 Å². The van der Waals surface area contributed by atoms with Crippen molar-refractivity contribution in [2.75, 3.05) is 12.4 Å². The summed E-state index contributed by atoms with van der Waals surface area (Å²) in [5.41, 5.74) is 2.34. The fourth-order valence-electron chi connectivity index (χ4n) is 2.43. The van der Waals surface area contributed by atoms with Crippen LogP contribution in [0.5, 0.6) is 10.9 Å². The molecule has 0 saturated carbocycles. The van der Waals surface area contributed by atoms with Crippen molar-refractivity contribution in [2.24, 2.45) is 0 Å². The first-order valence-corrected chi connectivity index (χ1v) is 9.55. The molecule has 0 spiro atoms. The van der Waals surface area contributed by atoms with E-state index in [0.717, 1.165) is 17.0 Å². The Kier molecular flexibility index (Phi) is 6.05. The quantitative estimate of drug-likeness (QED) is 0.602. The Hall–Kier alpha value is -2.78. The predicted molar refractivity (Wildman–Crippen MR) is 107 cm³/mol. The number of pyridine rings is 2. The molecule has 0 saturated heterocycles. The maximum Gasteiger partial charge on any atom is 0.296 e. The largest absolute Gasteiger partial charge is 0.494 e. The van der Waals surface area contributed by atoms with Crippen LogP contribution in [0.25, 0.3) is 11.1 Å². The molecule has 0 aromatic carbocycles. The van der Waals surface area contributed by atoms with Crippen LogP contribution in [-0.4, -0.2) is 39.3 Å².